The van der Waals surface area contributed by atoms with Crippen LogP contribution in [0.3, 0.4) is 0 Å². The topological polar surface area (TPSA) is 116 Å². The summed E-state index contributed by atoms with van der Waals surface area (Å²) < 4.78 is 4.39. The van der Waals surface area contributed by atoms with Gasteiger partial charge < -0.3 is 11.5 Å². The van der Waals surface area contributed by atoms with E-state index in [0.29, 0.717) is 15.6 Å². The molecule has 2 rings (SSSR count). The second-order valence-corrected chi connectivity index (χ2v) is 4.24. The average molecular weight is 299 g/mol. The van der Waals surface area contributed by atoms with Crippen LogP contribution in [0.5, 0.6) is 0 Å². The predicted octanol–water partition coefficient (Wildman–Crippen LogP) is 1.70. The highest BCUT2D eigenvalue weighted by Crippen LogP contribution is 2.19. The minimum atomic E-state index is -0.0138. The quantitative estimate of drug-likeness (QED) is 0.508. The number of benzene rings is 1. The number of aromatic nitrogens is 2. The Balaban J connectivity index is 2.17. The molecule has 0 unspecified atom stereocenters. The summed E-state index contributed by atoms with van der Waals surface area (Å²) in [7, 11) is 0. The van der Waals surface area contributed by atoms with Crippen molar-refractivity contribution in [3.05, 3.63) is 39.5 Å². The van der Waals surface area contributed by atoms with Crippen molar-refractivity contribution in [2.24, 2.45) is 15.9 Å². The van der Waals surface area contributed by atoms with E-state index in [4.69, 9.17) is 34.7 Å². The molecule has 0 atom stereocenters. The van der Waals surface area contributed by atoms with Crippen LogP contribution in [0, 0.1) is 0 Å². The number of nitrogens with zero attached hydrogens (tertiary/aromatic N) is 4. The molecule has 0 aliphatic carbocycles. The van der Waals surface area contributed by atoms with Crippen molar-refractivity contribution >= 4 is 41.1 Å². The van der Waals surface area contributed by atoms with Crippen molar-refractivity contribution in [1.82, 2.24) is 10.3 Å². The van der Waals surface area contributed by atoms with E-state index in [2.05, 4.69) is 25.1 Å². The molecule has 0 radical (unpaired) electrons. The fourth-order valence-electron chi connectivity index (χ4n) is 1.18. The third-order valence-corrected chi connectivity index (χ3v) is 2.64. The molecule has 4 N–H and O–H groups in total. The van der Waals surface area contributed by atoms with E-state index in [-0.39, 0.29) is 17.3 Å². The first-order chi connectivity index (χ1) is 9.08. The van der Waals surface area contributed by atoms with Crippen molar-refractivity contribution in [2.75, 3.05) is 5.73 Å². The number of hydrogen-bond acceptors (Lipinski definition) is 6. The molecule has 1 heterocycles. The lowest BCUT2D eigenvalue weighted by Crippen LogP contribution is -2.15. The van der Waals surface area contributed by atoms with E-state index in [1.165, 1.54) is 6.21 Å². The molecule has 1 aromatic heterocycles. The zero-order chi connectivity index (χ0) is 13.8. The molecule has 0 amide bonds. The lowest BCUT2D eigenvalue weighted by Gasteiger charge is -1.97. The smallest absolute Gasteiger partial charge is 0.199 e. The Hall–Kier alpha value is -2.12. The van der Waals surface area contributed by atoms with E-state index < -0.39 is 0 Å². The van der Waals surface area contributed by atoms with E-state index >= 15 is 0 Å². The van der Waals surface area contributed by atoms with Crippen molar-refractivity contribution in [1.29, 1.82) is 0 Å². The predicted molar refractivity (Wildman–Crippen MR) is 73.5 cm³/mol. The van der Waals surface area contributed by atoms with Gasteiger partial charge in [-0.3, -0.25) is 0 Å². The molecule has 98 valence electrons. The molecule has 9 heteroatoms. The minimum absolute atomic E-state index is 0.0138. The van der Waals surface area contributed by atoms with Gasteiger partial charge in [-0.2, -0.15) is 5.10 Å². The summed E-state index contributed by atoms with van der Waals surface area (Å²) in [6.45, 7) is 0. The van der Waals surface area contributed by atoms with Gasteiger partial charge in [0.2, 0.25) is 0 Å². The highest BCUT2D eigenvalue weighted by Gasteiger charge is 2.09. The highest BCUT2D eigenvalue weighted by atomic mass is 35.5. The van der Waals surface area contributed by atoms with Crippen LogP contribution in [0.25, 0.3) is 0 Å². The van der Waals surface area contributed by atoms with Crippen LogP contribution in [0.2, 0.25) is 10.0 Å². The Kier molecular flexibility index (Phi) is 3.98. The van der Waals surface area contributed by atoms with E-state index in [9.17, 15) is 0 Å². The Morgan fingerprint density at radius 3 is 2.74 bits per heavy atom. The normalized spacial score (nSPS) is 12.2. The molecule has 7 nitrogen and oxygen atoms in total. The second-order valence-electron chi connectivity index (χ2n) is 3.39. The number of nitrogen functional groups attached to an aromatic ring is 1. The van der Waals surface area contributed by atoms with E-state index in [1.807, 2.05) is 0 Å². The maximum atomic E-state index is 5.96. The molecule has 0 spiro atoms. The third kappa shape index (κ3) is 3.21. The fraction of sp³-hybridized carbons (Fsp3) is 0. The first kappa shape index (κ1) is 13.3. The number of nitrogens with two attached hydrogens (primary N) is 2. The molecule has 1 aromatic carbocycles. The molecule has 0 saturated heterocycles. The fourth-order valence-corrected chi connectivity index (χ4v) is 1.64. The van der Waals surface area contributed by atoms with Crippen LogP contribution in [-0.2, 0) is 0 Å². The number of halogens is 2. The largest absolute Gasteiger partial charge is 0.380 e. The summed E-state index contributed by atoms with van der Waals surface area (Å²) in [6.07, 6.45) is 1.43. The summed E-state index contributed by atoms with van der Waals surface area (Å²) in [4.78, 5) is 0. The number of hydrogen-bond donors (Lipinski definition) is 2. The summed E-state index contributed by atoms with van der Waals surface area (Å²) in [6, 6.07) is 4.98. The summed E-state index contributed by atoms with van der Waals surface area (Å²) >= 11 is 11.7. The minimum Gasteiger partial charge on any atom is -0.380 e. The summed E-state index contributed by atoms with van der Waals surface area (Å²) in [5.41, 5.74) is 11.8. The lowest BCUT2D eigenvalue weighted by atomic mass is 10.2. The van der Waals surface area contributed by atoms with Crippen LogP contribution in [0.15, 0.2) is 33.0 Å². The molecule has 0 fully saturated rings. The Morgan fingerprint density at radius 1 is 1.32 bits per heavy atom. The van der Waals surface area contributed by atoms with Gasteiger partial charge in [0.1, 0.15) is 0 Å². The van der Waals surface area contributed by atoms with Crippen LogP contribution >= 0.6 is 23.2 Å². The average Bonchev–Trinajstić information content (AvgIpc) is 2.78. The second kappa shape index (κ2) is 5.68. The molecule has 19 heavy (non-hydrogen) atoms. The molecule has 2 aromatic rings. The molecule has 0 bridgehead atoms. The van der Waals surface area contributed by atoms with Gasteiger partial charge in [-0.15, -0.1) is 5.10 Å². The third-order valence-electron chi connectivity index (χ3n) is 2.08. The molecular formula is C10H8Cl2N6O. The molecular weight excluding hydrogens is 291 g/mol. The SMILES string of the molecule is N/C(=N\N=C\c1ccc(Cl)cc1Cl)c1nonc1N. The van der Waals surface area contributed by atoms with Gasteiger partial charge in [-0.1, -0.05) is 29.3 Å². The summed E-state index contributed by atoms with van der Waals surface area (Å²) in [5.74, 6) is 0.0288. The molecule has 0 aliphatic rings. The highest BCUT2D eigenvalue weighted by molar-refractivity contribution is 6.36. The lowest BCUT2D eigenvalue weighted by molar-refractivity contribution is 0.308. The van der Waals surface area contributed by atoms with E-state index in [1.54, 1.807) is 18.2 Å². The monoisotopic (exact) mass is 298 g/mol. The maximum absolute atomic E-state index is 5.96. The van der Waals surface area contributed by atoms with Crippen molar-refractivity contribution < 1.29 is 4.63 Å². The maximum Gasteiger partial charge on any atom is 0.199 e. The van der Waals surface area contributed by atoms with Gasteiger partial charge in [-0.05, 0) is 22.4 Å². The van der Waals surface area contributed by atoms with Crippen molar-refractivity contribution in [3.8, 4) is 0 Å². The number of rotatable bonds is 3. The first-order valence-corrected chi connectivity index (χ1v) is 5.73. The Morgan fingerprint density at radius 2 is 2.11 bits per heavy atom. The van der Waals surface area contributed by atoms with Crippen LogP contribution in [0.1, 0.15) is 11.3 Å². The Labute approximate surface area is 117 Å². The van der Waals surface area contributed by atoms with Crippen molar-refractivity contribution in [3.63, 3.8) is 0 Å². The number of anilines is 1. The molecule has 0 aliphatic heterocycles. The van der Waals surface area contributed by atoms with Crippen LogP contribution in [0.4, 0.5) is 5.82 Å². The van der Waals surface area contributed by atoms with Gasteiger partial charge in [-0.25, -0.2) is 4.63 Å². The zero-order valence-corrected chi connectivity index (χ0v) is 10.9. The van der Waals surface area contributed by atoms with Gasteiger partial charge >= 0.3 is 0 Å². The summed E-state index contributed by atoms with van der Waals surface area (Å²) in [5, 5.41) is 15.3. The van der Waals surface area contributed by atoms with Crippen molar-refractivity contribution in [2.45, 2.75) is 0 Å². The van der Waals surface area contributed by atoms with Gasteiger partial charge in [0, 0.05) is 10.6 Å². The van der Waals surface area contributed by atoms with Gasteiger partial charge in [0.25, 0.3) is 0 Å². The van der Waals surface area contributed by atoms with Crippen LogP contribution in [-0.4, -0.2) is 22.4 Å². The van der Waals surface area contributed by atoms with Crippen LogP contribution < -0.4 is 11.5 Å². The van der Waals surface area contributed by atoms with Gasteiger partial charge in [0.15, 0.2) is 17.3 Å². The standard InChI is InChI=1S/C10H8Cl2N6O/c11-6-2-1-5(7(12)3-6)4-15-16-9(13)8-10(14)18-19-17-8/h1-4H,(H2,13,16)(H2,14,18)/b15-4+. The Bertz CT molecular complexity index is 651. The number of amidine groups is 1. The molecule has 0 saturated carbocycles. The zero-order valence-electron chi connectivity index (χ0n) is 9.42. The first-order valence-electron chi connectivity index (χ1n) is 4.98. The van der Waals surface area contributed by atoms with E-state index in [0.717, 1.165) is 0 Å². The van der Waals surface area contributed by atoms with Gasteiger partial charge in [0.05, 0.1) is 11.2 Å².